The number of aryl methyl sites for hydroxylation is 1. The molecule has 6 nitrogen and oxygen atoms in total. The second-order valence-corrected chi connectivity index (χ2v) is 7.67. The zero-order valence-electron chi connectivity index (χ0n) is 17.1. The van der Waals surface area contributed by atoms with E-state index in [9.17, 15) is 4.39 Å². The van der Waals surface area contributed by atoms with Gasteiger partial charge in [-0.1, -0.05) is 18.2 Å². The molecule has 0 bridgehead atoms. The van der Waals surface area contributed by atoms with E-state index in [0.29, 0.717) is 17.2 Å². The van der Waals surface area contributed by atoms with E-state index in [4.69, 9.17) is 4.98 Å². The highest BCUT2D eigenvalue weighted by molar-refractivity contribution is 5.97. The summed E-state index contributed by atoms with van der Waals surface area (Å²) in [6, 6.07) is 16.4. The highest BCUT2D eigenvalue weighted by Crippen LogP contribution is 2.33. The van der Waals surface area contributed by atoms with Crippen LogP contribution in [-0.4, -0.2) is 30.1 Å². The molecular formula is C25H17FN6. The van der Waals surface area contributed by atoms with E-state index in [2.05, 4.69) is 44.2 Å². The molecule has 0 radical (unpaired) electrons. The van der Waals surface area contributed by atoms with Crippen molar-refractivity contribution in [3.8, 4) is 33.8 Å². The van der Waals surface area contributed by atoms with Crippen molar-refractivity contribution < 1.29 is 4.39 Å². The smallest absolute Gasteiger partial charge is 0.178 e. The number of imidazole rings is 1. The maximum Gasteiger partial charge on any atom is 0.178 e. The Balaban J connectivity index is 1.51. The quantitative estimate of drug-likeness (QED) is 0.386. The van der Waals surface area contributed by atoms with Gasteiger partial charge in [0.05, 0.1) is 11.0 Å². The van der Waals surface area contributed by atoms with Crippen LogP contribution < -0.4 is 0 Å². The lowest BCUT2D eigenvalue weighted by molar-refractivity contribution is 0.628. The van der Waals surface area contributed by atoms with Crippen molar-refractivity contribution in [2.24, 2.45) is 0 Å². The van der Waals surface area contributed by atoms with Gasteiger partial charge in [-0.2, -0.15) is 5.10 Å². The van der Waals surface area contributed by atoms with Gasteiger partial charge in [-0.15, -0.1) is 0 Å². The van der Waals surface area contributed by atoms with Gasteiger partial charge >= 0.3 is 0 Å². The topological polar surface area (TPSA) is 83.1 Å². The first-order valence-electron chi connectivity index (χ1n) is 10.2. The number of pyridine rings is 2. The van der Waals surface area contributed by atoms with Gasteiger partial charge in [0.15, 0.2) is 11.5 Å². The molecule has 2 aromatic carbocycles. The Bertz CT molecular complexity index is 1600. The summed E-state index contributed by atoms with van der Waals surface area (Å²) >= 11 is 0. The fourth-order valence-electron chi connectivity index (χ4n) is 4.02. The summed E-state index contributed by atoms with van der Waals surface area (Å²) < 4.78 is 13.4. The highest BCUT2D eigenvalue weighted by atomic mass is 19.1. The van der Waals surface area contributed by atoms with Crippen molar-refractivity contribution in [3.63, 3.8) is 0 Å². The lowest BCUT2D eigenvalue weighted by Gasteiger charge is -2.05. The van der Waals surface area contributed by atoms with Gasteiger partial charge in [-0.3, -0.25) is 10.1 Å². The second kappa shape index (κ2) is 7.09. The molecule has 0 aliphatic rings. The Morgan fingerprint density at radius 2 is 1.72 bits per heavy atom. The predicted molar refractivity (Wildman–Crippen MR) is 122 cm³/mol. The van der Waals surface area contributed by atoms with E-state index in [1.54, 1.807) is 24.5 Å². The second-order valence-electron chi connectivity index (χ2n) is 7.67. The number of nitrogens with one attached hydrogen (secondary N) is 2. The molecule has 0 saturated carbocycles. The molecule has 0 aliphatic carbocycles. The number of nitrogens with zero attached hydrogens (tertiary/aromatic N) is 4. The van der Waals surface area contributed by atoms with Gasteiger partial charge in [0, 0.05) is 35.1 Å². The van der Waals surface area contributed by atoms with Crippen LogP contribution in [0.1, 0.15) is 5.56 Å². The molecule has 6 rings (SSSR count). The van der Waals surface area contributed by atoms with Crippen LogP contribution in [0.5, 0.6) is 0 Å². The number of H-pyrrole nitrogens is 2. The van der Waals surface area contributed by atoms with Crippen LogP contribution in [0.4, 0.5) is 4.39 Å². The Morgan fingerprint density at radius 1 is 0.875 bits per heavy atom. The number of hydrogen-bond donors (Lipinski definition) is 2. The number of benzene rings is 2. The van der Waals surface area contributed by atoms with Gasteiger partial charge in [0.2, 0.25) is 0 Å². The number of rotatable bonds is 3. The molecule has 0 saturated heterocycles. The third-order valence-electron chi connectivity index (χ3n) is 5.68. The van der Waals surface area contributed by atoms with Crippen molar-refractivity contribution in [1.29, 1.82) is 0 Å². The highest BCUT2D eigenvalue weighted by Gasteiger charge is 2.16. The van der Waals surface area contributed by atoms with Crippen molar-refractivity contribution in [2.75, 3.05) is 0 Å². The minimum atomic E-state index is -0.271. The van der Waals surface area contributed by atoms with E-state index < -0.39 is 0 Å². The maximum atomic E-state index is 13.4. The van der Waals surface area contributed by atoms with Crippen LogP contribution in [0.15, 0.2) is 73.2 Å². The zero-order valence-corrected chi connectivity index (χ0v) is 17.1. The van der Waals surface area contributed by atoms with Crippen LogP contribution in [0.3, 0.4) is 0 Å². The average Bonchev–Trinajstić information content (AvgIpc) is 3.43. The summed E-state index contributed by atoms with van der Waals surface area (Å²) in [5.74, 6) is 0.348. The first-order valence-corrected chi connectivity index (χ1v) is 10.2. The minimum Gasteiger partial charge on any atom is -0.335 e. The molecule has 6 aromatic rings. The van der Waals surface area contributed by atoms with Crippen molar-refractivity contribution >= 4 is 22.1 Å². The van der Waals surface area contributed by atoms with E-state index >= 15 is 0 Å². The van der Waals surface area contributed by atoms with Crippen LogP contribution >= 0.6 is 0 Å². The minimum absolute atomic E-state index is 0.271. The third kappa shape index (κ3) is 2.94. The van der Waals surface area contributed by atoms with E-state index in [-0.39, 0.29) is 5.82 Å². The molecule has 154 valence electrons. The molecule has 2 N–H and O–H groups in total. The average molecular weight is 420 g/mol. The molecule has 7 heteroatoms. The van der Waals surface area contributed by atoms with Gasteiger partial charge in [-0.25, -0.2) is 14.4 Å². The predicted octanol–water partition coefficient (Wildman–Crippen LogP) is 5.68. The van der Waals surface area contributed by atoms with Crippen LogP contribution in [0, 0.1) is 12.7 Å². The lowest BCUT2D eigenvalue weighted by Crippen LogP contribution is -1.86. The Labute approximate surface area is 182 Å². The Morgan fingerprint density at radius 3 is 2.56 bits per heavy atom. The molecule has 0 unspecified atom stereocenters. The first-order chi connectivity index (χ1) is 15.7. The standard InChI is InChI=1S/C25H17FN6/c1-14-8-10-27-13-20(14)16-4-7-21-19(12-16)23(32-31-21)25-29-22-18(9-11-28-24(22)30-25)15-2-5-17(26)6-3-15/h2-13H,1H3,(H,31,32)(H,28,29,30). The number of hydrogen-bond acceptors (Lipinski definition) is 4. The Kier molecular flexibility index (Phi) is 4.07. The van der Waals surface area contributed by atoms with E-state index in [1.807, 2.05) is 24.4 Å². The molecule has 0 aliphatic heterocycles. The van der Waals surface area contributed by atoms with Crippen LogP contribution in [-0.2, 0) is 0 Å². The lowest BCUT2D eigenvalue weighted by atomic mass is 10.0. The molecule has 0 spiro atoms. The summed E-state index contributed by atoms with van der Waals surface area (Å²) in [6.45, 7) is 2.07. The van der Waals surface area contributed by atoms with E-state index in [0.717, 1.165) is 44.2 Å². The summed E-state index contributed by atoms with van der Waals surface area (Å²) in [5, 5.41) is 8.56. The maximum absolute atomic E-state index is 13.4. The van der Waals surface area contributed by atoms with Gasteiger partial charge in [0.25, 0.3) is 0 Å². The third-order valence-corrected chi connectivity index (χ3v) is 5.68. The molecule has 0 atom stereocenters. The zero-order chi connectivity index (χ0) is 21.7. The van der Waals surface area contributed by atoms with Gasteiger partial charge in [0.1, 0.15) is 11.5 Å². The summed E-state index contributed by atoms with van der Waals surface area (Å²) in [6.07, 6.45) is 5.37. The van der Waals surface area contributed by atoms with Crippen LogP contribution in [0.25, 0.3) is 55.8 Å². The summed E-state index contributed by atoms with van der Waals surface area (Å²) in [5.41, 5.74) is 8.07. The van der Waals surface area contributed by atoms with Crippen molar-refractivity contribution in [1.82, 2.24) is 30.1 Å². The van der Waals surface area contributed by atoms with Crippen molar-refractivity contribution in [3.05, 3.63) is 84.6 Å². The summed E-state index contributed by atoms with van der Waals surface area (Å²) in [7, 11) is 0. The molecular weight excluding hydrogens is 403 g/mol. The number of aromatic nitrogens is 6. The molecule has 4 aromatic heterocycles. The largest absolute Gasteiger partial charge is 0.335 e. The molecule has 32 heavy (non-hydrogen) atoms. The number of fused-ring (bicyclic) bond motifs is 2. The molecule has 0 fully saturated rings. The van der Waals surface area contributed by atoms with Crippen molar-refractivity contribution in [2.45, 2.75) is 6.92 Å². The summed E-state index contributed by atoms with van der Waals surface area (Å²) in [4.78, 5) is 16.8. The molecule has 4 heterocycles. The van der Waals surface area contributed by atoms with E-state index in [1.165, 1.54) is 12.1 Å². The first kappa shape index (κ1) is 18.4. The van der Waals surface area contributed by atoms with Crippen LogP contribution in [0.2, 0.25) is 0 Å². The number of aromatic amines is 2. The van der Waals surface area contributed by atoms with Gasteiger partial charge in [-0.05, 0) is 60.0 Å². The van der Waals surface area contributed by atoms with Gasteiger partial charge < -0.3 is 4.98 Å². The number of halogens is 1. The fraction of sp³-hybridized carbons (Fsp3) is 0.0400. The molecule has 0 amide bonds. The normalized spacial score (nSPS) is 11.4. The fourth-order valence-corrected chi connectivity index (χ4v) is 4.02. The Hall–Kier alpha value is -4.39. The monoisotopic (exact) mass is 420 g/mol. The SMILES string of the molecule is Cc1ccncc1-c1ccc2[nH]nc(-c3nc4nccc(-c5ccc(F)cc5)c4[nH]3)c2c1.